The van der Waals surface area contributed by atoms with Gasteiger partial charge >= 0.3 is 6.03 Å². The van der Waals surface area contributed by atoms with Crippen LogP contribution in [0.15, 0.2) is 48.7 Å². The maximum Gasteiger partial charge on any atom is 0.324 e. The monoisotopic (exact) mass is 529 g/mol. The van der Waals surface area contributed by atoms with E-state index in [-0.39, 0.29) is 23.9 Å². The quantitative estimate of drug-likeness (QED) is 0.524. The van der Waals surface area contributed by atoms with Gasteiger partial charge in [0.15, 0.2) is 0 Å². The van der Waals surface area contributed by atoms with Gasteiger partial charge in [-0.05, 0) is 51.0 Å². The molecule has 0 saturated carbocycles. The van der Waals surface area contributed by atoms with Crippen molar-refractivity contribution < 1.29 is 19.1 Å². The van der Waals surface area contributed by atoms with Crippen molar-refractivity contribution in [2.75, 3.05) is 42.3 Å². The molecule has 3 amide bonds. The van der Waals surface area contributed by atoms with Gasteiger partial charge < -0.3 is 24.6 Å². The minimum absolute atomic E-state index is 0.191. The number of rotatable bonds is 4. The molecule has 2 unspecified atom stereocenters. The largest absolute Gasteiger partial charge is 0.469 e. The molecule has 11 heteroatoms. The fraction of sp³-hybridized carbons (Fsp3) is 0.393. The number of pyridine rings is 1. The number of benzene rings is 1. The predicted octanol–water partition coefficient (Wildman–Crippen LogP) is 3.79. The topological polar surface area (TPSA) is 122 Å². The van der Waals surface area contributed by atoms with Gasteiger partial charge in [0, 0.05) is 24.5 Å². The maximum atomic E-state index is 13.6. The summed E-state index contributed by atoms with van der Waals surface area (Å²) in [5, 5.41) is 5.50. The number of morpholine rings is 1. The molecule has 3 aliphatic heterocycles. The fourth-order valence-corrected chi connectivity index (χ4v) is 5.53. The first-order valence-corrected chi connectivity index (χ1v) is 13.1. The van der Waals surface area contributed by atoms with Crippen LogP contribution in [0, 0.1) is 0 Å². The van der Waals surface area contributed by atoms with E-state index in [0.717, 1.165) is 18.4 Å². The Labute approximate surface area is 226 Å². The lowest BCUT2D eigenvalue weighted by atomic mass is 10.0. The Kier molecular flexibility index (Phi) is 6.30. The van der Waals surface area contributed by atoms with Gasteiger partial charge in [-0.1, -0.05) is 18.2 Å². The smallest absolute Gasteiger partial charge is 0.324 e. The number of nitrogens with one attached hydrogen (secondary N) is 2. The number of carbonyl (C=O) groups excluding carboxylic acids is 2. The summed E-state index contributed by atoms with van der Waals surface area (Å²) >= 11 is 0. The highest BCUT2D eigenvalue weighted by Gasteiger charge is 2.41. The molecule has 0 spiro atoms. The van der Waals surface area contributed by atoms with E-state index in [1.807, 2.05) is 26.0 Å². The summed E-state index contributed by atoms with van der Waals surface area (Å²) < 4.78 is 12.1. The Morgan fingerprint density at radius 3 is 2.46 bits per heavy atom. The molecule has 3 aromatic rings. The zero-order valence-electron chi connectivity index (χ0n) is 22.2. The average molecular weight is 530 g/mol. The van der Waals surface area contributed by atoms with E-state index in [9.17, 15) is 9.59 Å². The van der Waals surface area contributed by atoms with Crippen LogP contribution in [-0.2, 0) is 4.74 Å². The Hall–Kier alpha value is -4.25. The summed E-state index contributed by atoms with van der Waals surface area (Å²) in [7, 11) is 1.76. The first-order chi connectivity index (χ1) is 18.8. The first-order valence-electron chi connectivity index (χ1n) is 13.1. The molecule has 2 N–H and O–H groups in total. The van der Waals surface area contributed by atoms with Gasteiger partial charge in [-0.2, -0.15) is 4.98 Å². The number of urea groups is 1. The number of hydrogen-bond donors (Lipinski definition) is 2. The van der Waals surface area contributed by atoms with Crippen molar-refractivity contribution >= 4 is 29.4 Å². The molecule has 39 heavy (non-hydrogen) atoms. The molecule has 1 aromatic carbocycles. The molecule has 2 bridgehead atoms. The molecule has 2 atom stereocenters. The van der Waals surface area contributed by atoms with Gasteiger partial charge in [-0.15, -0.1) is 0 Å². The molecule has 2 fully saturated rings. The van der Waals surface area contributed by atoms with Gasteiger partial charge in [-0.3, -0.25) is 10.1 Å². The number of likely N-dealkylation sites (N-methyl/N-ethyl adjacent to an activating group) is 1. The molecule has 6 rings (SSSR count). The van der Waals surface area contributed by atoms with Crippen LogP contribution in [0.2, 0.25) is 0 Å². The van der Waals surface area contributed by atoms with Crippen molar-refractivity contribution in [3.8, 4) is 17.1 Å². The molecule has 2 saturated heterocycles. The molecule has 11 nitrogen and oxygen atoms in total. The number of nitrogens with zero attached hydrogens (tertiary/aromatic N) is 5. The first kappa shape index (κ1) is 25.1. The van der Waals surface area contributed by atoms with Crippen LogP contribution in [0.5, 0.6) is 5.88 Å². The van der Waals surface area contributed by atoms with Gasteiger partial charge in [0.05, 0.1) is 37.5 Å². The lowest BCUT2D eigenvalue weighted by molar-refractivity contribution is 0.0594. The highest BCUT2D eigenvalue weighted by atomic mass is 16.5. The minimum Gasteiger partial charge on any atom is -0.469 e. The predicted molar refractivity (Wildman–Crippen MR) is 146 cm³/mol. The Morgan fingerprint density at radius 2 is 1.77 bits per heavy atom. The van der Waals surface area contributed by atoms with Crippen LogP contribution in [0.25, 0.3) is 11.3 Å². The van der Waals surface area contributed by atoms with Crippen LogP contribution in [0.3, 0.4) is 0 Å². The van der Waals surface area contributed by atoms with Crippen molar-refractivity contribution in [3.63, 3.8) is 0 Å². The second-order valence-electron chi connectivity index (χ2n) is 10.8. The van der Waals surface area contributed by atoms with Crippen molar-refractivity contribution in [3.05, 3.63) is 54.2 Å². The summed E-state index contributed by atoms with van der Waals surface area (Å²) in [6.07, 6.45) is 3.63. The number of aromatic nitrogens is 3. The zero-order chi connectivity index (χ0) is 27.1. The van der Waals surface area contributed by atoms with Crippen molar-refractivity contribution in [1.82, 2.24) is 19.9 Å². The SMILES string of the molecule is CN1CC(C)(C)Oc2nc(N3C4CCC3COC4)nc(-c3ccc(NC(=O)Nc4ccccn4)cc3)c2C1=O. The maximum absolute atomic E-state index is 13.6. The normalized spacial score (nSPS) is 21.6. The third-order valence-electron chi connectivity index (χ3n) is 7.21. The molecule has 0 aliphatic carbocycles. The summed E-state index contributed by atoms with van der Waals surface area (Å²) in [5.74, 6) is 1.09. The molecule has 5 heterocycles. The van der Waals surface area contributed by atoms with Crippen LogP contribution >= 0.6 is 0 Å². The third kappa shape index (κ3) is 4.97. The van der Waals surface area contributed by atoms with E-state index >= 15 is 0 Å². The standard InChI is InChI=1S/C28H31N7O4/c1-28(2)16-34(3)25(36)22-23(32-26(33-24(22)39-28)35-19-11-12-20(35)15-38-14-19)17-7-9-18(10-8-17)30-27(37)31-21-6-4-5-13-29-21/h4-10,13,19-20H,11-12,14-16H2,1-3H3,(H2,29,30,31,37). The second-order valence-corrected chi connectivity index (χ2v) is 10.8. The molecule has 3 aliphatic rings. The summed E-state index contributed by atoms with van der Waals surface area (Å²) in [5.41, 5.74) is 1.51. The number of fused-ring (bicyclic) bond motifs is 3. The Balaban J connectivity index is 1.36. The van der Waals surface area contributed by atoms with E-state index in [2.05, 4.69) is 20.5 Å². The highest BCUT2D eigenvalue weighted by Crippen LogP contribution is 2.39. The van der Waals surface area contributed by atoms with E-state index < -0.39 is 11.6 Å². The van der Waals surface area contributed by atoms with E-state index in [0.29, 0.717) is 48.5 Å². The Bertz CT molecular complexity index is 1380. The summed E-state index contributed by atoms with van der Waals surface area (Å²) in [6.45, 7) is 5.56. The van der Waals surface area contributed by atoms with Crippen LogP contribution < -0.4 is 20.3 Å². The molecule has 0 radical (unpaired) electrons. The Morgan fingerprint density at radius 1 is 1.03 bits per heavy atom. The highest BCUT2D eigenvalue weighted by molar-refractivity contribution is 6.03. The van der Waals surface area contributed by atoms with Crippen LogP contribution in [0.1, 0.15) is 37.0 Å². The molecular weight excluding hydrogens is 498 g/mol. The number of amides is 3. The lowest BCUT2D eigenvalue weighted by Crippen LogP contribution is -2.47. The zero-order valence-corrected chi connectivity index (χ0v) is 22.2. The molecular formula is C28H31N7O4. The lowest BCUT2D eigenvalue weighted by Gasteiger charge is -2.35. The average Bonchev–Trinajstić information content (AvgIpc) is 3.11. The number of hydrogen-bond acceptors (Lipinski definition) is 8. The van der Waals surface area contributed by atoms with E-state index in [1.54, 1.807) is 48.5 Å². The second kappa shape index (κ2) is 9.81. The van der Waals surface area contributed by atoms with E-state index in [1.165, 1.54) is 0 Å². The van der Waals surface area contributed by atoms with Crippen molar-refractivity contribution in [2.24, 2.45) is 0 Å². The fourth-order valence-electron chi connectivity index (χ4n) is 5.53. The van der Waals surface area contributed by atoms with E-state index in [4.69, 9.17) is 19.4 Å². The summed E-state index contributed by atoms with van der Waals surface area (Å²) in [4.78, 5) is 43.8. The molecule has 2 aromatic heterocycles. The number of ether oxygens (including phenoxy) is 2. The molecule has 202 valence electrons. The summed E-state index contributed by atoms with van der Waals surface area (Å²) in [6, 6.07) is 12.5. The van der Waals surface area contributed by atoms with Gasteiger partial charge in [-0.25, -0.2) is 14.8 Å². The minimum atomic E-state index is -0.628. The third-order valence-corrected chi connectivity index (χ3v) is 7.21. The van der Waals surface area contributed by atoms with Crippen LogP contribution in [-0.4, -0.2) is 76.3 Å². The number of anilines is 3. The van der Waals surface area contributed by atoms with Crippen molar-refractivity contribution in [2.45, 2.75) is 44.4 Å². The van der Waals surface area contributed by atoms with Crippen LogP contribution in [0.4, 0.5) is 22.2 Å². The van der Waals surface area contributed by atoms with Crippen molar-refractivity contribution in [1.29, 1.82) is 0 Å². The number of carbonyl (C=O) groups is 2. The van der Waals surface area contributed by atoms with Gasteiger partial charge in [0.1, 0.15) is 17.0 Å². The van der Waals surface area contributed by atoms with Gasteiger partial charge in [0.25, 0.3) is 5.91 Å². The van der Waals surface area contributed by atoms with Gasteiger partial charge in [0.2, 0.25) is 11.8 Å².